The minimum Gasteiger partial charge on any atom is -0.370 e. The summed E-state index contributed by atoms with van der Waals surface area (Å²) >= 11 is 0. The second-order valence-corrected chi connectivity index (χ2v) is 7.26. The first-order chi connectivity index (χ1) is 13.8. The Balaban J connectivity index is 1.33. The Hall–Kier alpha value is -3.34. The Morgan fingerprint density at radius 1 is 1.07 bits per heavy atom. The third kappa shape index (κ3) is 3.09. The predicted molar refractivity (Wildman–Crippen MR) is 114 cm³/mol. The number of nitrogens with one attached hydrogen (secondary N) is 2. The summed E-state index contributed by atoms with van der Waals surface area (Å²) in [6, 6.07) is 18.9. The van der Waals surface area contributed by atoms with E-state index in [9.17, 15) is 0 Å². The Kier molecular flexibility index (Phi) is 4.20. The zero-order chi connectivity index (χ0) is 18.9. The molecule has 0 bridgehead atoms. The molecular formula is C23H23N5. The maximum absolute atomic E-state index is 4.79. The summed E-state index contributed by atoms with van der Waals surface area (Å²) in [6.45, 7) is 3.78. The van der Waals surface area contributed by atoms with Gasteiger partial charge >= 0.3 is 0 Å². The Bertz CT molecular complexity index is 1130. The molecule has 0 saturated heterocycles. The number of rotatable bonds is 5. The molecule has 0 amide bonds. The van der Waals surface area contributed by atoms with Gasteiger partial charge in [-0.05, 0) is 43.0 Å². The lowest BCUT2D eigenvalue weighted by atomic mass is 10.1. The van der Waals surface area contributed by atoms with Crippen LogP contribution in [0.3, 0.4) is 0 Å². The highest BCUT2D eigenvalue weighted by Crippen LogP contribution is 2.32. The van der Waals surface area contributed by atoms with Crippen molar-refractivity contribution in [2.24, 2.45) is 0 Å². The molecule has 1 aliphatic rings. The van der Waals surface area contributed by atoms with Crippen molar-refractivity contribution < 1.29 is 0 Å². The second kappa shape index (κ2) is 7.00. The maximum atomic E-state index is 4.79. The first-order valence-corrected chi connectivity index (χ1v) is 9.78. The van der Waals surface area contributed by atoms with Gasteiger partial charge in [0.1, 0.15) is 5.82 Å². The van der Waals surface area contributed by atoms with Crippen molar-refractivity contribution in [3.05, 3.63) is 77.6 Å². The van der Waals surface area contributed by atoms with E-state index < -0.39 is 0 Å². The van der Waals surface area contributed by atoms with E-state index in [2.05, 4.69) is 74.9 Å². The molecule has 5 rings (SSSR count). The number of H-pyrrole nitrogens is 1. The quantitative estimate of drug-likeness (QED) is 0.539. The van der Waals surface area contributed by atoms with Crippen LogP contribution in [-0.2, 0) is 12.8 Å². The van der Waals surface area contributed by atoms with Crippen LogP contribution in [0.15, 0.2) is 60.8 Å². The highest BCUT2D eigenvalue weighted by atomic mass is 15.3. The smallest absolute Gasteiger partial charge is 0.232 e. The van der Waals surface area contributed by atoms with E-state index in [1.165, 1.54) is 27.7 Å². The fourth-order valence-electron chi connectivity index (χ4n) is 3.97. The molecule has 0 aliphatic carbocycles. The van der Waals surface area contributed by atoms with Gasteiger partial charge in [0.2, 0.25) is 5.95 Å². The molecule has 5 nitrogen and oxygen atoms in total. The molecule has 0 unspecified atom stereocenters. The molecule has 0 radical (unpaired) electrons. The van der Waals surface area contributed by atoms with Gasteiger partial charge in [-0.15, -0.1) is 0 Å². The Morgan fingerprint density at radius 3 is 2.89 bits per heavy atom. The summed E-state index contributed by atoms with van der Waals surface area (Å²) in [5.74, 6) is 1.66. The van der Waals surface area contributed by atoms with Gasteiger partial charge in [-0.25, -0.2) is 4.98 Å². The third-order valence-corrected chi connectivity index (χ3v) is 5.35. The molecule has 3 heterocycles. The molecule has 0 fully saturated rings. The molecule has 0 saturated carbocycles. The van der Waals surface area contributed by atoms with E-state index >= 15 is 0 Å². The topological polar surface area (TPSA) is 56.8 Å². The zero-order valence-corrected chi connectivity index (χ0v) is 15.9. The van der Waals surface area contributed by atoms with Crippen molar-refractivity contribution >= 4 is 28.4 Å². The monoisotopic (exact) mass is 369 g/mol. The van der Waals surface area contributed by atoms with E-state index in [1.54, 1.807) is 0 Å². The van der Waals surface area contributed by atoms with Crippen LogP contribution in [-0.4, -0.2) is 28.0 Å². The van der Waals surface area contributed by atoms with Gasteiger partial charge in [-0.2, -0.15) is 4.98 Å². The standard InChI is InChI=1S/C23H23N5/c1-16-14-22(24-12-10-18-15-25-20-8-4-3-7-19(18)20)27-23(26-16)28-13-11-17-6-2-5-9-21(17)28/h2-9,14-15,25H,10-13H2,1H3,(H,24,26,27). The Morgan fingerprint density at radius 2 is 1.93 bits per heavy atom. The van der Waals surface area contributed by atoms with Gasteiger partial charge in [-0.3, -0.25) is 0 Å². The summed E-state index contributed by atoms with van der Waals surface area (Å²) < 4.78 is 0. The molecule has 0 atom stereocenters. The lowest BCUT2D eigenvalue weighted by Gasteiger charge is -2.18. The van der Waals surface area contributed by atoms with Crippen LogP contribution in [0.2, 0.25) is 0 Å². The van der Waals surface area contributed by atoms with Gasteiger partial charge in [0.15, 0.2) is 0 Å². The number of aromatic nitrogens is 3. The van der Waals surface area contributed by atoms with E-state index in [0.29, 0.717) is 0 Å². The molecule has 5 heteroatoms. The van der Waals surface area contributed by atoms with Gasteiger partial charge in [0, 0.05) is 47.6 Å². The summed E-state index contributed by atoms with van der Waals surface area (Å²) in [4.78, 5) is 15.0. The molecule has 1 aliphatic heterocycles. The van der Waals surface area contributed by atoms with Gasteiger partial charge in [-0.1, -0.05) is 36.4 Å². The van der Waals surface area contributed by atoms with Crippen molar-refractivity contribution in [3.63, 3.8) is 0 Å². The van der Waals surface area contributed by atoms with Gasteiger partial charge in [0.25, 0.3) is 0 Å². The summed E-state index contributed by atoms with van der Waals surface area (Å²) in [7, 11) is 0. The number of nitrogens with zero attached hydrogens (tertiary/aromatic N) is 3. The molecular weight excluding hydrogens is 346 g/mol. The number of hydrogen-bond donors (Lipinski definition) is 2. The van der Waals surface area contributed by atoms with E-state index in [4.69, 9.17) is 4.98 Å². The zero-order valence-electron chi connectivity index (χ0n) is 15.9. The summed E-state index contributed by atoms with van der Waals surface area (Å²) in [6.07, 6.45) is 4.08. The van der Waals surface area contributed by atoms with Crippen molar-refractivity contribution in [2.45, 2.75) is 19.8 Å². The summed E-state index contributed by atoms with van der Waals surface area (Å²) in [5.41, 5.74) is 6.07. The van der Waals surface area contributed by atoms with Crippen LogP contribution >= 0.6 is 0 Å². The average Bonchev–Trinajstić information content (AvgIpc) is 3.32. The lowest BCUT2D eigenvalue weighted by Crippen LogP contribution is -2.18. The number of aromatic amines is 1. The molecule has 0 spiro atoms. The number of anilines is 3. The lowest BCUT2D eigenvalue weighted by molar-refractivity contribution is 0.922. The largest absolute Gasteiger partial charge is 0.370 e. The van der Waals surface area contributed by atoms with Gasteiger partial charge < -0.3 is 15.2 Å². The van der Waals surface area contributed by atoms with Gasteiger partial charge in [0.05, 0.1) is 0 Å². The predicted octanol–water partition coefficient (Wildman–Crippen LogP) is 4.62. The normalized spacial score (nSPS) is 13.1. The average molecular weight is 369 g/mol. The number of hydrogen-bond acceptors (Lipinski definition) is 4. The van der Waals surface area contributed by atoms with Crippen LogP contribution in [0.25, 0.3) is 10.9 Å². The van der Waals surface area contributed by atoms with E-state index in [1.807, 2.05) is 13.0 Å². The molecule has 2 aromatic heterocycles. The minimum atomic E-state index is 0.777. The number of para-hydroxylation sites is 2. The fraction of sp³-hybridized carbons (Fsp3) is 0.217. The summed E-state index contributed by atoms with van der Waals surface area (Å²) in [5, 5.41) is 4.77. The van der Waals surface area contributed by atoms with Crippen LogP contribution in [0.1, 0.15) is 16.8 Å². The van der Waals surface area contributed by atoms with Crippen LogP contribution in [0.5, 0.6) is 0 Å². The molecule has 2 aromatic carbocycles. The van der Waals surface area contributed by atoms with Crippen molar-refractivity contribution in [2.75, 3.05) is 23.3 Å². The SMILES string of the molecule is Cc1cc(NCCc2c[nH]c3ccccc23)nc(N2CCc3ccccc32)n1. The number of fused-ring (bicyclic) bond motifs is 2. The van der Waals surface area contributed by atoms with E-state index in [-0.39, 0.29) is 0 Å². The fourth-order valence-corrected chi connectivity index (χ4v) is 3.97. The first kappa shape index (κ1) is 16.8. The van der Waals surface area contributed by atoms with Crippen LogP contribution in [0, 0.1) is 6.92 Å². The molecule has 4 aromatic rings. The third-order valence-electron chi connectivity index (χ3n) is 5.35. The van der Waals surface area contributed by atoms with Crippen molar-refractivity contribution in [3.8, 4) is 0 Å². The Labute approximate surface area is 164 Å². The second-order valence-electron chi connectivity index (χ2n) is 7.26. The molecule has 140 valence electrons. The number of aryl methyl sites for hydroxylation is 1. The van der Waals surface area contributed by atoms with Crippen molar-refractivity contribution in [1.82, 2.24) is 15.0 Å². The minimum absolute atomic E-state index is 0.777. The highest BCUT2D eigenvalue weighted by Gasteiger charge is 2.22. The van der Waals surface area contributed by atoms with E-state index in [0.717, 1.165) is 43.4 Å². The molecule has 28 heavy (non-hydrogen) atoms. The first-order valence-electron chi connectivity index (χ1n) is 9.78. The van der Waals surface area contributed by atoms with Crippen LogP contribution in [0.4, 0.5) is 17.5 Å². The molecule has 2 N–H and O–H groups in total. The van der Waals surface area contributed by atoms with Crippen LogP contribution < -0.4 is 10.2 Å². The highest BCUT2D eigenvalue weighted by molar-refractivity contribution is 5.83. The maximum Gasteiger partial charge on any atom is 0.232 e. The number of benzene rings is 2. The van der Waals surface area contributed by atoms with Crippen molar-refractivity contribution in [1.29, 1.82) is 0 Å².